The van der Waals surface area contributed by atoms with E-state index < -0.39 is 0 Å². The van der Waals surface area contributed by atoms with Crippen LogP contribution in [0.15, 0.2) is 30.3 Å². The highest BCUT2D eigenvalue weighted by atomic mass is 35.5. The van der Waals surface area contributed by atoms with Crippen LogP contribution in [0.3, 0.4) is 0 Å². The Labute approximate surface area is 110 Å². The third-order valence-electron chi connectivity index (χ3n) is 2.27. The van der Waals surface area contributed by atoms with E-state index in [1.807, 2.05) is 37.3 Å². The van der Waals surface area contributed by atoms with Gasteiger partial charge in [-0.2, -0.15) is 0 Å². The second kappa shape index (κ2) is 5.34. The molecule has 1 aromatic carbocycles. The van der Waals surface area contributed by atoms with Gasteiger partial charge in [-0.1, -0.05) is 53.5 Å². The van der Waals surface area contributed by atoms with Crippen LogP contribution in [0.25, 0.3) is 11.3 Å². The molecule has 0 aliphatic rings. The molecule has 2 rings (SSSR count). The SMILES string of the molecule is CCNc1c(Cl)nnc(-c2ccccc2)c1Cl. The van der Waals surface area contributed by atoms with Crippen LogP contribution in [0.5, 0.6) is 0 Å². The molecule has 5 heteroatoms. The van der Waals surface area contributed by atoms with E-state index in [0.717, 1.165) is 12.1 Å². The largest absolute Gasteiger partial charge is 0.381 e. The Bertz CT molecular complexity index is 515. The smallest absolute Gasteiger partial charge is 0.176 e. The van der Waals surface area contributed by atoms with E-state index in [9.17, 15) is 0 Å². The fourth-order valence-electron chi connectivity index (χ4n) is 1.50. The molecule has 0 amide bonds. The number of hydrogen-bond donors (Lipinski definition) is 1. The third-order valence-corrected chi connectivity index (χ3v) is 2.90. The lowest BCUT2D eigenvalue weighted by atomic mass is 10.1. The molecule has 0 aliphatic heterocycles. The standard InChI is InChI=1S/C12H11Cl2N3/c1-2-15-11-9(13)10(16-17-12(11)14)8-6-4-3-5-7-8/h3-7H,2H2,1H3,(H,15,16). The lowest BCUT2D eigenvalue weighted by Crippen LogP contribution is -2.02. The summed E-state index contributed by atoms with van der Waals surface area (Å²) in [5.41, 5.74) is 2.18. The maximum Gasteiger partial charge on any atom is 0.176 e. The van der Waals surface area contributed by atoms with Crippen molar-refractivity contribution in [2.24, 2.45) is 0 Å². The van der Waals surface area contributed by atoms with E-state index in [2.05, 4.69) is 15.5 Å². The Kier molecular flexibility index (Phi) is 3.82. The van der Waals surface area contributed by atoms with Crippen molar-refractivity contribution in [2.45, 2.75) is 6.92 Å². The molecule has 0 spiro atoms. The summed E-state index contributed by atoms with van der Waals surface area (Å²) in [6, 6.07) is 9.65. The second-order valence-corrected chi connectivity index (χ2v) is 4.16. The first-order valence-corrected chi connectivity index (χ1v) is 6.00. The molecule has 0 unspecified atom stereocenters. The maximum absolute atomic E-state index is 6.28. The number of anilines is 1. The fourth-order valence-corrected chi connectivity index (χ4v) is 2.06. The zero-order valence-electron chi connectivity index (χ0n) is 9.24. The summed E-state index contributed by atoms with van der Waals surface area (Å²) in [6.07, 6.45) is 0. The van der Waals surface area contributed by atoms with Crippen LogP contribution in [0.1, 0.15) is 6.92 Å². The number of nitrogens with one attached hydrogen (secondary N) is 1. The molecular weight excluding hydrogens is 257 g/mol. The van der Waals surface area contributed by atoms with E-state index in [0.29, 0.717) is 16.4 Å². The monoisotopic (exact) mass is 267 g/mol. The molecule has 0 fully saturated rings. The summed E-state index contributed by atoms with van der Waals surface area (Å²) < 4.78 is 0. The highest BCUT2D eigenvalue weighted by molar-refractivity contribution is 6.39. The second-order valence-electron chi connectivity index (χ2n) is 3.42. The molecule has 3 nitrogen and oxygen atoms in total. The minimum atomic E-state index is 0.288. The van der Waals surface area contributed by atoms with E-state index in [1.54, 1.807) is 0 Å². The van der Waals surface area contributed by atoms with Gasteiger partial charge in [-0.15, -0.1) is 10.2 Å². The van der Waals surface area contributed by atoms with E-state index >= 15 is 0 Å². The van der Waals surface area contributed by atoms with Gasteiger partial charge in [-0.25, -0.2) is 0 Å². The number of hydrogen-bond acceptors (Lipinski definition) is 3. The maximum atomic E-state index is 6.28. The van der Waals surface area contributed by atoms with Crippen LogP contribution >= 0.6 is 23.2 Å². The Balaban J connectivity index is 2.53. The first kappa shape index (κ1) is 12.1. The molecule has 1 aromatic heterocycles. The molecule has 1 N–H and O–H groups in total. The van der Waals surface area contributed by atoms with Crippen LogP contribution < -0.4 is 5.32 Å². The average molecular weight is 268 g/mol. The number of nitrogens with zero attached hydrogens (tertiary/aromatic N) is 2. The van der Waals surface area contributed by atoms with Gasteiger partial charge in [0.2, 0.25) is 0 Å². The van der Waals surface area contributed by atoms with E-state index in [-0.39, 0.29) is 5.15 Å². The molecule has 0 atom stereocenters. The number of halogens is 2. The first-order valence-electron chi connectivity index (χ1n) is 5.25. The van der Waals surface area contributed by atoms with Gasteiger partial charge in [0.05, 0.1) is 10.7 Å². The predicted molar refractivity (Wildman–Crippen MR) is 71.7 cm³/mol. The Hall–Kier alpha value is -1.32. The molecule has 2 aromatic rings. The Morgan fingerprint density at radius 2 is 1.82 bits per heavy atom. The van der Waals surface area contributed by atoms with Crippen molar-refractivity contribution in [1.82, 2.24) is 10.2 Å². The van der Waals surface area contributed by atoms with Gasteiger partial charge >= 0.3 is 0 Å². The van der Waals surface area contributed by atoms with Crippen molar-refractivity contribution >= 4 is 28.9 Å². The third kappa shape index (κ3) is 2.51. The predicted octanol–water partition coefficient (Wildman–Crippen LogP) is 3.88. The number of rotatable bonds is 3. The van der Waals surface area contributed by atoms with E-state index in [1.165, 1.54) is 0 Å². The molecular formula is C12H11Cl2N3. The van der Waals surface area contributed by atoms with Crippen LogP contribution in [0.2, 0.25) is 10.2 Å². The van der Waals surface area contributed by atoms with Crippen molar-refractivity contribution in [2.75, 3.05) is 11.9 Å². The zero-order chi connectivity index (χ0) is 12.3. The van der Waals surface area contributed by atoms with Crippen LogP contribution in [0, 0.1) is 0 Å². The van der Waals surface area contributed by atoms with Gasteiger partial charge in [-0.05, 0) is 6.92 Å². The molecule has 0 aliphatic carbocycles. The average Bonchev–Trinajstić information content (AvgIpc) is 2.36. The van der Waals surface area contributed by atoms with Crippen molar-refractivity contribution in [3.05, 3.63) is 40.5 Å². The van der Waals surface area contributed by atoms with Gasteiger partial charge in [0.15, 0.2) is 5.15 Å². The lowest BCUT2D eigenvalue weighted by Gasteiger charge is -2.10. The van der Waals surface area contributed by atoms with Gasteiger partial charge < -0.3 is 5.32 Å². The minimum Gasteiger partial charge on any atom is -0.381 e. The normalized spacial score (nSPS) is 10.3. The van der Waals surface area contributed by atoms with Crippen molar-refractivity contribution in [1.29, 1.82) is 0 Å². The summed E-state index contributed by atoms with van der Waals surface area (Å²) in [4.78, 5) is 0. The van der Waals surface area contributed by atoms with Crippen molar-refractivity contribution in [3.8, 4) is 11.3 Å². The Morgan fingerprint density at radius 1 is 1.12 bits per heavy atom. The molecule has 88 valence electrons. The number of benzene rings is 1. The Morgan fingerprint density at radius 3 is 2.47 bits per heavy atom. The highest BCUT2D eigenvalue weighted by Crippen LogP contribution is 2.35. The molecule has 17 heavy (non-hydrogen) atoms. The molecule has 0 bridgehead atoms. The summed E-state index contributed by atoms with van der Waals surface area (Å²) in [6.45, 7) is 2.69. The van der Waals surface area contributed by atoms with E-state index in [4.69, 9.17) is 23.2 Å². The number of aromatic nitrogens is 2. The summed E-state index contributed by atoms with van der Waals surface area (Å²) in [7, 11) is 0. The summed E-state index contributed by atoms with van der Waals surface area (Å²) in [5.74, 6) is 0. The molecule has 1 heterocycles. The van der Waals surface area contributed by atoms with Gasteiger partial charge in [0.25, 0.3) is 0 Å². The summed E-state index contributed by atoms with van der Waals surface area (Å²) >= 11 is 12.2. The van der Waals surface area contributed by atoms with Crippen LogP contribution in [-0.4, -0.2) is 16.7 Å². The van der Waals surface area contributed by atoms with Gasteiger partial charge in [-0.3, -0.25) is 0 Å². The van der Waals surface area contributed by atoms with Gasteiger partial charge in [0, 0.05) is 12.1 Å². The zero-order valence-corrected chi connectivity index (χ0v) is 10.8. The first-order chi connectivity index (χ1) is 8.24. The molecule has 0 saturated heterocycles. The fraction of sp³-hybridized carbons (Fsp3) is 0.167. The van der Waals surface area contributed by atoms with Crippen LogP contribution in [0.4, 0.5) is 5.69 Å². The van der Waals surface area contributed by atoms with Gasteiger partial charge in [0.1, 0.15) is 5.69 Å². The molecule has 0 saturated carbocycles. The topological polar surface area (TPSA) is 37.8 Å². The van der Waals surface area contributed by atoms with Crippen LogP contribution in [-0.2, 0) is 0 Å². The quantitative estimate of drug-likeness (QED) is 0.917. The lowest BCUT2D eigenvalue weighted by molar-refractivity contribution is 1.03. The minimum absolute atomic E-state index is 0.288. The van der Waals surface area contributed by atoms with Crippen molar-refractivity contribution in [3.63, 3.8) is 0 Å². The highest BCUT2D eigenvalue weighted by Gasteiger charge is 2.14. The van der Waals surface area contributed by atoms with Crippen molar-refractivity contribution < 1.29 is 0 Å². The molecule has 0 radical (unpaired) electrons. The summed E-state index contributed by atoms with van der Waals surface area (Å²) in [5, 5.41) is 11.8.